The van der Waals surface area contributed by atoms with Crippen molar-refractivity contribution in [2.75, 3.05) is 19.7 Å². The van der Waals surface area contributed by atoms with Crippen LogP contribution >= 0.6 is 23.2 Å². The van der Waals surface area contributed by atoms with Gasteiger partial charge in [-0.25, -0.2) is 0 Å². The smallest absolute Gasteiger partial charge is 0.191 e. The van der Waals surface area contributed by atoms with Gasteiger partial charge in [0.2, 0.25) is 0 Å². The number of aliphatic imine (C=N–C) groups is 1. The number of nitrogens with zero attached hydrogens (tertiary/aromatic N) is 1. The number of nitrogens with one attached hydrogen (secondary N) is 2. The first-order chi connectivity index (χ1) is 12.1. The lowest BCUT2D eigenvalue weighted by Gasteiger charge is -2.27. The molecule has 7 heteroatoms. The summed E-state index contributed by atoms with van der Waals surface area (Å²) in [7, 11) is 0. The average molecular weight is 388 g/mol. The molecule has 5 nitrogen and oxygen atoms in total. The molecule has 1 aromatic rings. The SMILES string of the molecule is CCNC(=NCCCOc1ccc(Cl)cc1Cl)NC1CCC(O)CC1. The molecular formula is C18H27Cl2N3O2. The zero-order chi connectivity index (χ0) is 18.1. The zero-order valence-corrected chi connectivity index (χ0v) is 16.1. The van der Waals surface area contributed by atoms with Crippen molar-refractivity contribution in [3.63, 3.8) is 0 Å². The number of halogens is 2. The van der Waals surface area contributed by atoms with Gasteiger partial charge in [0.15, 0.2) is 5.96 Å². The van der Waals surface area contributed by atoms with Crippen LogP contribution in [0.5, 0.6) is 5.75 Å². The van der Waals surface area contributed by atoms with Crippen molar-refractivity contribution in [2.45, 2.75) is 51.2 Å². The summed E-state index contributed by atoms with van der Waals surface area (Å²) >= 11 is 11.9. The fourth-order valence-electron chi connectivity index (χ4n) is 2.76. The number of guanidine groups is 1. The molecule has 0 bridgehead atoms. The predicted octanol–water partition coefficient (Wildman–Crippen LogP) is 3.62. The van der Waals surface area contributed by atoms with Crippen LogP contribution in [0, 0.1) is 0 Å². The lowest BCUT2D eigenvalue weighted by molar-refractivity contribution is 0.120. The van der Waals surface area contributed by atoms with Crippen molar-refractivity contribution < 1.29 is 9.84 Å². The summed E-state index contributed by atoms with van der Waals surface area (Å²) in [6, 6.07) is 5.59. The van der Waals surface area contributed by atoms with Crippen molar-refractivity contribution in [1.82, 2.24) is 10.6 Å². The third-order valence-corrected chi connectivity index (χ3v) is 4.64. The summed E-state index contributed by atoms with van der Waals surface area (Å²) in [5, 5.41) is 17.4. The van der Waals surface area contributed by atoms with Gasteiger partial charge in [-0.3, -0.25) is 4.99 Å². The number of aliphatic hydroxyl groups is 1. The molecule has 0 radical (unpaired) electrons. The van der Waals surface area contributed by atoms with Gasteiger partial charge in [0.05, 0.1) is 17.7 Å². The van der Waals surface area contributed by atoms with Gasteiger partial charge in [0, 0.05) is 30.6 Å². The van der Waals surface area contributed by atoms with E-state index in [0.29, 0.717) is 35.0 Å². The van der Waals surface area contributed by atoms with Crippen LogP contribution in [0.25, 0.3) is 0 Å². The Bertz CT molecular complexity index is 561. The Morgan fingerprint density at radius 1 is 1.28 bits per heavy atom. The van der Waals surface area contributed by atoms with E-state index in [2.05, 4.69) is 15.6 Å². The first-order valence-electron chi connectivity index (χ1n) is 8.89. The van der Waals surface area contributed by atoms with Crippen LogP contribution in [0.2, 0.25) is 10.0 Å². The number of hydrogen-bond acceptors (Lipinski definition) is 3. The van der Waals surface area contributed by atoms with Crippen LogP contribution in [0.4, 0.5) is 0 Å². The van der Waals surface area contributed by atoms with Crippen molar-refractivity contribution in [2.24, 2.45) is 4.99 Å². The van der Waals surface area contributed by atoms with E-state index >= 15 is 0 Å². The van der Waals surface area contributed by atoms with Crippen molar-refractivity contribution in [3.8, 4) is 5.75 Å². The van der Waals surface area contributed by atoms with Crippen molar-refractivity contribution in [1.29, 1.82) is 0 Å². The first-order valence-corrected chi connectivity index (χ1v) is 9.65. The van der Waals surface area contributed by atoms with Gasteiger partial charge in [0.1, 0.15) is 5.75 Å². The number of aliphatic hydroxyl groups excluding tert-OH is 1. The molecule has 0 aliphatic heterocycles. The van der Waals surface area contributed by atoms with Crippen molar-refractivity contribution in [3.05, 3.63) is 28.2 Å². The van der Waals surface area contributed by atoms with Gasteiger partial charge in [0.25, 0.3) is 0 Å². The third-order valence-electron chi connectivity index (χ3n) is 4.11. The molecule has 0 aromatic heterocycles. The second kappa shape index (κ2) is 10.7. The Morgan fingerprint density at radius 3 is 2.72 bits per heavy atom. The maximum absolute atomic E-state index is 9.59. The first kappa shape index (κ1) is 20.1. The summed E-state index contributed by atoms with van der Waals surface area (Å²) in [6.45, 7) is 4.07. The Kier molecular flexibility index (Phi) is 8.65. The minimum atomic E-state index is -0.144. The van der Waals surface area contributed by atoms with Crippen LogP contribution in [-0.2, 0) is 0 Å². The number of hydrogen-bond donors (Lipinski definition) is 3. The summed E-state index contributed by atoms with van der Waals surface area (Å²) in [4.78, 5) is 4.59. The monoisotopic (exact) mass is 387 g/mol. The highest BCUT2D eigenvalue weighted by molar-refractivity contribution is 6.35. The van der Waals surface area contributed by atoms with Gasteiger partial charge in [-0.15, -0.1) is 0 Å². The second-order valence-electron chi connectivity index (χ2n) is 6.19. The normalized spacial score (nSPS) is 21.0. The molecule has 2 rings (SSSR count). The number of rotatable bonds is 7. The van der Waals surface area contributed by atoms with Crippen LogP contribution in [0.15, 0.2) is 23.2 Å². The Balaban J connectivity index is 1.73. The van der Waals surface area contributed by atoms with E-state index in [4.69, 9.17) is 27.9 Å². The van der Waals surface area contributed by atoms with E-state index in [-0.39, 0.29) is 6.10 Å². The number of benzene rings is 1. The molecule has 1 aromatic carbocycles. The number of ether oxygens (including phenoxy) is 1. The summed E-state index contributed by atoms with van der Waals surface area (Å²) in [6.07, 6.45) is 4.31. The minimum Gasteiger partial charge on any atom is -0.492 e. The molecule has 1 aliphatic carbocycles. The molecule has 1 saturated carbocycles. The topological polar surface area (TPSA) is 65.9 Å². The summed E-state index contributed by atoms with van der Waals surface area (Å²) < 4.78 is 5.67. The maximum Gasteiger partial charge on any atom is 0.191 e. The molecule has 0 atom stereocenters. The van der Waals surface area contributed by atoms with E-state index in [1.54, 1.807) is 18.2 Å². The molecule has 0 spiro atoms. The van der Waals surface area contributed by atoms with Crippen molar-refractivity contribution >= 4 is 29.2 Å². The minimum absolute atomic E-state index is 0.144. The van der Waals surface area contributed by atoms with Gasteiger partial charge >= 0.3 is 0 Å². The maximum atomic E-state index is 9.59. The van der Waals surface area contributed by atoms with Crippen LogP contribution < -0.4 is 15.4 Å². The molecular weight excluding hydrogens is 361 g/mol. The highest BCUT2D eigenvalue weighted by atomic mass is 35.5. The molecule has 0 amide bonds. The molecule has 1 aliphatic rings. The largest absolute Gasteiger partial charge is 0.492 e. The van der Waals surface area contributed by atoms with Crippen LogP contribution in [0.1, 0.15) is 39.0 Å². The fourth-order valence-corrected chi connectivity index (χ4v) is 3.23. The van der Waals surface area contributed by atoms with Gasteiger partial charge < -0.3 is 20.5 Å². The Hall–Kier alpha value is -1.17. The highest BCUT2D eigenvalue weighted by Crippen LogP contribution is 2.27. The Labute approximate surface area is 159 Å². The molecule has 140 valence electrons. The fraction of sp³-hybridized carbons (Fsp3) is 0.611. The van der Waals surface area contributed by atoms with Gasteiger partial charge in [-0.05, 0) is 50.8 Å². The molecule has 0 saturated heterocycles. The molecule has 0 heterocycles. The van der Waals surface area contributed by atoms with E-state index in [9.17, 15) is 5.11 Å². The molecule has 1 fully saturated rings. The average Bonchev–Trinajstić information content (AvgIpc) is 2.58. The lowest BCUT2D eigenvalue weighted by atomic mass is 9.93. The van der Waals surface area contributed by atoms with E-state index in [0.717, 1.165) is 44.6 Å². The molecule has 25 heavy (non-hydrogen) atoms. The summed E-state index contributed by atoms with van der Waals surface area (Å²) in [5.41, 5.74) is 0. The Morgan fingerprint density at radius 2 is 2.04 bits per heavy atom. The van der Waals surface area contributed by atoms with Crippen LogP contribution in [-0.4, -0.2) is 42.9 Å². The predicted molar refractivity (Wildman–Crippen MR) is 104 cm³/mol. The van der Waals surface area contributed by atoms with E-state index in [1.165, 1.54) is 0 Å². The third kappa shape index (κ3) is 7.30. The lowest BCUT2D eigenvalue weighted by Crippen LogP contribution is -2.45. The zero-order valence-electron chi connectivity index (χ0n) is 14.6. The highest BCUT2D eigenvalue weighted by Gasteiger charge is 2.19. The van der Waals surface area contributed by atoms with Gasteiger partial charge in [-0.2, -0.15) is 0 Å². The molecule has 0 unspecified atom stereocenters. The second-order valence-corrected chi connectivity index (χ2v) is 7.03. The van der Waals surface area contributed by atoms with Gasteiger partial charge in [-0.1, -0.05) is 23.2 Å². The van der Waals surface area contributed by atoms with Crippen LogP contribution in [0.3, 0.4) is 0 Å². The van der Waals surface area contributed by atoms with E-state index in [1.807, 2.05) is 6.92 Å². The molecule has 3 N–H and O–H groups in total. The standard InChI is InChI=1S/C18H27Cl2N3O2/c1-2-21-18(23-14-5-7-15(24)8-6-14)22-10-3-11-25-17-9-4-13(19)12-16(17)20/h4,9,12,14-15,24H,2-3,5-8,10-11H2,1H3,(H2,21,22,23). The quantitative estimate of drug-likeness (QED) is 0.379. The summed E-state index contributed by atoms with van der Waals surface area (Å²) in [5.74, 6) is 1.47. The van der Waals surface area contributed by atoms with E-state index < -0.39 is 0 Å².